The molecule has 0 spiro atoms. The first-order chi connectivity index (χ1) is 35.6. The van der Waals surface area contributed by atoms with Gasteiger partial charge in [0, 0.05) is 12.8 Å². The van der Waals surface area contributed by atoms with Gasteiger partial charge in [0.25, 0.3) is 6.29 Å². The molecule has 0 aliphatic carbocycles. The van der Waals surface area contributed by atoms with Crippen molar-refractivity contribution < 1.29 is 42.9 Å². The van der Waals surface area contributed by atoms with Crippen LogP contribution in [0.15, 0.2) is 146 Å². The van der Waals surface area contributed by atoms with Crippen LogP contribution in [0.5, 0.6) is 0 Å². The van der Waals surface area contributed by atoms with E-state index >= 15 is 0 Å². The van der Waals surface area contributed by atoms with E-state index in [4.69, 9.17) is 18.9 Å². The summed E-state index contributed by atoms with van der Waals surface area (Å²) < 4.78 is 22.8. The Kier molecular flexibility index (Phi) is 49.9. The van der Waals surface area contributed by atoms with Gasteiger partial charge in [-0.25, -0.2) is 4.79 Å². The Morgan fingerprint density at radius 2 is 0.740 bits per heavy atom. The lowest BCUT2D eigenvalue weighted by Crippen LogP contribution is -2.40. The van der Waals surface area contributed by atoms with Crippen LogP contribution in [0.25, 0.3) is 0 Å². The third-order valence-electron chi connectivity index (χ3n) is 11.1. The number of carboxylic acid groups (broad SMARTS) is 1. The minimum Gasteiger partial charge on any atom is -0.477 e. The van der Waals surface area contributed by atoms with Gasteiger partial charge >= 0.3 is 17.9 Å². The van der Waals surface area contributed by atoms with Crippen LogP contribution in [-0.4, -0.2) is 87.4 Å². The summed E-state index contributed by atoms with van der Waals surface area (Å²) in [6.07, 6.45) is 74.9. The molecule has 2 atom stereocenters. The molecule has 73 heavy (non-hydrogen) atoms. The summed E-state index contributed by atoms with van der Waals surface area (Å²) in [6.45, 7) is 4.56. The van der Waals surface area contributed by atoms with Crippen molar-refractivity contribution in [1.29, 1.82) is 0 Å². The van der Waals surface area contributed by atoms with Crippen LogP contribution in [0.1, 0.15) is 181 Å². The number of unbranched alkanes of at least 4 members (excludes halogenated alkanes) is 10. The molecular formula is C64H102NO8+. The van der Waals surface area contributed by atoms with Crippen molar-refractivity contribution >= 4 is 17.9 Å². The molecule has 0 aliphatic rings. The number of carbonyl (C=O) groups is 3. The van der Waals surface area contributed by atoms with E-state index in [9.17, 15) is 19.5 Å². The Hall–Kier alpha value is -4.83. The predicted octanol–water partition coefficient (Wildman–Crippen LogP) is 16.4. The molecule has 0 saturated heterocycles. The second kappa shape index (κ2) is 53.5. The number of ether oxygens (including phenoxy) is 4. The number of hydrogen-bond donors (Lipinski definition) is 1. The third kappa shape index (κ3) is 54.8. The molecule has 0 aliphatic heterocycles. The summed E-state index contributed by atoms with van der Waals surface area (Å²) in [4.78, 5) is 37.4. The zero-order valence-electron chi connectivity index (χ0n) is 46.5. The number of carbonyl (C=O) groups excluding carboxylic acids is 2. The standard InChI is InChI=1S/C64H101NO8/c1-6-8-10-12-14-16-18-20-22-24-26-28-29-30-31-32-33-35-37-39-41-43-45-47-49-51-53-55-62(67)73-60(59-72-64(63(68)69)70-57-56-65(3,4)5)58-71-61(66)54-52-50-48-46-44-42-40-38-36-34-27-25-23-21-19-17-15-13-11-9-7-2/h8-11,14-17,20-23,26-28,30-31,33-35,39,41,45,47,60,64H,6-7,12-13,18-19,24-25,29,32,36-38,40,42-44,46,48-59H2,1-5H3/p+1/b10-8-,11-9-,16-14-,17-15-,22-20-,23-21-,28-26-,31-30-,34-27-,35-33-,41-39-,47-45-. The van der Waals surface area contributed by atoms with Gasteiger partial charge in [-0.3, -0.25) is 9.59 Å². The lowest BCUT2D eigenvalue weighted by Gasteiger charge is -2.25. The van der Waals surface area contributed by atoms with Gasteiger partial charge in [0.2, 0.25) is 0 Å². The zero-order chi connectivity index (χ0) is 53.4. The van der Waals surface area contributed by atoms with Crippen molar-refractivity contribution in [2.24, 2.45) is 0 Å². The van der Waals surface area contributed by atoms with Crippen molar-refractivity contribution in [2.45, 2.75) is 193 Å². The smallest absolute Gasteiger partial charge is 0.361 e. The molecule has 0 fully saturated rings. The highest BCUT2D eigenvalue weighted by Crippen LogP contribution is 2.13. The first-order valence-corrected chi connectivity index (χ1v) is 28.0. The number of hydrogen-bond acceptors (Lipinski definition) is 7. The largest absolute Gasteiger partial charge is 0.477 e. The molecule has 0 rings (SSSR count). The van der Waals surface area contributed by atoms with Gasteiger partial charge in [-0.1, -0.05) is 198 Å². The molecule has 410 valence electrons. The molecule has 0 saturated carbocycles. The summed E-state index contributed by atoms with van der Waals surface area (Å²) in [7, 11) is 5.93. The maximum atomic E-state index is 12.9. The Morgan fingerprint density at radius 3 is 1.12 bits per heavy atom. The second-order valence-corrected chi connectivity index (χ2v) is 19.1. The highest BCUT2D eigenvalue weighted by Gasteiger charge is 2.25. The van der Waals surface area contributed by atoms with Crippen molar-refractivity contribution in [3.63, 3.8) is 0 Å². The fraction of sp³-hybridized carbons (Fsp3) is 0.578. The van der Waals surface area contributed by atoms with E-state index in [1.54, 1.807) is 0 Å². The summed E-state index contributed by atoms with van der Waals surface area (Å²) in [5, 5.41) is 9.70. The second-order valence-electron chi connectivity index (χ2n) is 19.1. The van der Waals surface area contributed by atoms with Crippen molar-refractivity contribution in [3.8, 4) is 0 Å². The van der Waals surface area contributed by atoms with Crippen LogP contribution in [0.4, 0.5) is 0 Å². The van der Waals surface area contributed by atoms with E-state index in [0.717, 1.165) is 122 Å². The summed E-state index contributed by atoms with van der Waals surface area (Å²) in [5.74, 6) is -2.10. The van der Waals surface area contributed by atoms with Crippen molar-refractivity contribution in [1.82, 2.24) is 0 Å². The summed E-state index contributed by atoms with van der Waals surface area (Å²) >= 11 is 0. The van der Waals surface area contributed by atoms with Gasteiger partial charge in [0.05, 0.1) is 34.4 Å². The van der Waals surface area contributed by atoms with Crippen LogP contribution in [0, 0.1) is 0 Å². The van der Waals surface area contributed by atoms with Gasteiger partial charge < -0.3 is 28.5 Å². The van der Waals surface area contributed by atoms with Gasteiger partial charge in [-0.05, 0) is 116 Å². The van der Waals surface area contributed by atoms with E-state index in [1.807, 2.05) is 21.1 Å². The van der Waals surface area contributed by atoms with E-state index in [-0.39, 0.29) is 38.6 Å². The fourth-order valence-corrected chi connectivity index (χ4v) is 6.84. The molecule has 0 radical (unpaired) electrons. The monoisotopic (exact) mass is 1010 g/mol. The molecule has 0 aromatic rings. The van der Waals surface area contributed by atoms with Crippen LogP contribution in [0.3, 0.4) is 0 Å². The molecule has 1 N–H and O–H groups in total. The number of allylic oxidation sites excluding steroid dienone is 24. The van der Waals surface area contributed by atoms with Gasteiger partial charge in [0.1, 0.15) is 13.2 Å². The molecule has 0 aromatic heterocycles. The lowest BCUT2D eigenvalue weighted by molar-refractivity contribution is -0.870. The highest BCUT2D eigenvalue weighted by atomic mass is 16.7. The van der Waals surface area contributed by atoms with Crippen LogP contribution in [0.2, 0.25) is 0 Å². The zero-order valence-corrected chi connectivity index (χ0v) is 46.5. The van der Waals surface area contributed by atoms with Crippen LogP contribution >= 0.6 is 0 Å². The number of carboxylic acids is 1. The minimum atomic E-state index is -1.53. The van der Waals surface area contributed by atoms with Crippen LogP contribution in [-0.2, 0) is 33.3 Å². The molecule has 9 nitrogen and oxygen atoms in total. The van der Waals surface area contributed by atoms with Crippen molar-refractivity contribution in [2.75, 3.05) is 47.5 Å². The average molecular weight is 1010 g/mol. The lowest BCUT2D eigenvalue weighted by atomic mass is 10.1. The number of nitrogens with zero attached hydrogens (tertiary/aromatic N) is 1. The SMILES string of the molecule is CC/C=C\C/C=C\C/C=C\C/C=C\C/C=C\C/C=C\C/C=C\C/C=C\CCCCC(=O)OC(COC(=O)CCCCCCCCCC/C=C\C/C=C\C/C=C\C/C=C\CC)COC(OCC[N+](C)(C)C)C(=O)O. The number of quaternary nitrogens is 1. The minimum absolute atomic E-state index is 0.168. The van der Waals surface area contributed by atoms with E-state index in [2.05, 4.69) is 160 Å². The van der Waals surface area contributed by atoms with Crippen LogP contribution < -0.4 is 0 Å². The Bertz CT molecular complexity index is 1700. The molecule has 2 unspecified atom stereocenters. The Morgan fingerprint density at radius 1 is 0.411 bits per heavy atom. The van der Waals surface area contributed by atoms with Gasteiger partial charge in [-0.15, -0.1) is 0 Å². The fourth-order valence-electron chi connectivity index (χ4n) is 6.84. The predicted molar refractivity (Wildman–Crippen MR) is 308 cm³/mol. The number of likely N-dealkylation sites (N-methyl/N-ethyl adjacent to an activating group) is 1. The summed E-state index contributed by atoms with van der Waals surface area (Å²) in [5.41, 5.74) is 0. The van der Waals surface area contributed by atoms with Gasteiger partial charge in [-0.2, -0.15) is 0 Å². The summed E-state index contributed by atoms with van der Waals surface area (Å²) in [6, 6.07) is 0. The topological polar surface area (TPSA) is 108 Å². The number of aliphatic carboxylic acids is 1. The Labute approximate surface area is 445 Å². The van der Waals surface area contributed by atoms with Gasteiger partial charge in [0.15, 0.2) is 6.10 Å². The Balaban J connectivity index is 4.44. The first kappa shape index (κ1) is 68.2. The van der Waals surface area contributed by atoms with E-state index < -0.39 is 24.3 Å². The molecular weight excluding hydrogens is 911 g/mol. The van der Waals surface area contributed by atoms with E-state index in [1.165, 1.54) is 25.7 Å². The molecule has 9 heteroatoms. The third-order valence-corrected chi connectivity index (χ3v) is 11.1. The molecule has 0 heterocycles. The van der Waals surface area contributed by atoms with Crippen molar-refractivity contribution in [3.05, 3.63) is 146 Å². The van der Waals surface area contributed by atoms with E-state index in [0.29, 0.717) is 17.4 Å². The normalized spacial score (nSPS) is 13.9. The maximum Gasteiger partial charge on any atom is 0.361 e. The highest BCUT2D eigenvalue weighted by molar-refractivity contribution is 5.71. The average Bonchev–Trinajstić information content (AvgIpc) is 3.36. The maximum absolute atomic E-state index is 12.9. The molecule has 0 amide bonds. The quantitative estimate of drug-likeness (QED) is 0.0211. The molecule has 0 bridgehead atoms. The number of rotatable bonds is 49. The number of esters is 2. The molecule has 0 aromatic carbocycles. The first-order valence-electron chi connectivity index (χ1n) is 28.0.